The number of likely N-dealkylation sites (tertiary alicyclic amines) is 1. The Hall–Kier alpha value is -2.86. The van der Waals surface area contributed by atoms with Crippen molar-refractivity contribution in [1.29, 1.82) is 0 Å². The molecule has 0 bridgehead atoms. The van der Waals surface area contributed by atoms with Crippen LogP contribution in [0.25, 0.3) is 0 Å². The summed E-state index contributed by atoms with van der Waals surface area (Å²) in [6.07, 6.45) is 3.77. The van der Waals surface area contributed by atoms with E-state index in [0.717, 1.165) is 42.6 Å². The van der Waals surface area contributed by atoms with Gasteiger partial charge in [0.2, 0.25) is 5.91 Å². The summed E-state index contributed by atoms with van der Waals surface area (Å²) in [5, 5.41) is 13.4. The molecule has 6 heteroatoms. The van der Waals surface area contributed by atoms with Crippen molar-refractivity contribution in [3.8, 4) is 11.5 Å². The number of piperidine rings is 1. The number of halogens is 1. The minimum Gasteiger partial charge on any atom is -0.504 e. The minimum atomic E-state index is -0.489. The van der Waals surface area contributed by atoms with Crippen LogP contribution in [-0.4, -0.2) is 36.1 Å². The molecule has 160 valence electrons. The highest BCUT2D eigenvalue weighted by Crippen LogP contribution is 2.35. The first-order valence-corrected chi connectivity index (χ1v) is 10.1. The molecule has 1 fully saturated rings. The summed E-state index contributed by atoms with van der Waals surface area (Å²) in [7, 11) is 1.54. The zero-order chi connectivity index (χ0) is 21.7. The molecular weight excluding hydrogens is 383 g/mol. The monoisotopic (exact) mass is 412 g/mol. The van der Waals surface area contributed by atoms with Gasteiger partial charge in [-0.25, -0.2) is 4.39 Å². The maximum atomic E-state index is 13.4. The van der Waals surface area contributed by atoms with Crippen molar-refractivity contribution in [2.75, 3.05) is 20.2 Å². The number of phenols is 1. The van der Waals surface area contributed by atoms with E-state index in [1.54, 1.807) is 25.3 Å². The molecule has 2 aromatic carbocycles. The third-order valence-corrected chi connectivity index (χ3v) is 5.73. The normalized spacial score (nSPS) is 16.1. The summed E-state index contributed by atoms with van der Waals surface area (Å²) in [5.74, 6) is 0.233. The molecule has 3 rings (SSSR count). The number of carbonyl (C=O) groups excluding carboxylic acids is 1. The van der Waals surface area contributed by atoms with Gasteiger partial charge in [-0.05, 0) is 48.6 Å². The second-order valence-electron chi connectivity index (χ2n) is 7.84. The van der Waals surface area contributed by atoms with Gasteiger partial charge >= 0.3 is 0 Å². The molecule has 30 heavy (non-hydrogen) atoms. The van der Waals surface area contributed by atoms with Gasteiger partial charge < -0.3 is 15.2 Å². The van der Waals surface area contributed by atoms with E-state index < -0.39 is 5.54 Å². The number of carbonyl (C=O) groups is 1. The fraction of sp³-hybridized carbons (Fsp3) is 0.375. The van der Waals surface area contributed by atoms with E-state index in [4.69, 9.17) is 4.74 Å². The predicted octanol–water partition coefficient (Wildman–Crippen LogP) is 3.90. The summed E-state index contributed by atoms with van der Waals surface area (Å²) in [5.41, 5.74) is 2.28. The van der Waals surface area contributed by atoms with E-state index >= 15 is 0 Å². The number of benzene rings is 2. The number of aromatic hydroxyl groups is 1. The first-order valence-electron chi connectivity index (χ1n) is 10.1. The second kappa shape index (κ2) is 9.30. The second-order valence-corrected chi connectivity index (χ2v) is 7.84. The molecule has 0 aliphatic carbocycles. The lowest BCUT2D eigenvalue weighted by Gasteiger charge is -2.42. The van der Waals surface area contributed by atoms with Gasteiger partial charge in [-0.3, -0.25) is 9.69 Å². The Morgan fingerprint density at radius 3 is 2.53 bits per heavy atom. The van der Waals surface area contributed by atoms with Crippen molar-refractivity contribution >= 4 is 5.91 Å². The standard InChI is InChI=1S/C24H29FN2O3/c1-4-5-19-14-18(15-22(30-3)23(19)29)16-27-12-10-24(11-13-27,26-17(2)28)20-6-8-21(25)9-7-20/h4,6-9,14-15,29H,1,5,10-13,16H2,2-3H3,(H,26,28). The number of allylic oxidation sites excluding steroid dienone is 1. The van der Waals surface area contributed by atoms with Gasteiger partial charge in [-0.15, -0.1) is 6.58 Å². The molecule has 0 atom stereocenters. The first-order chi connectivity index (χ1) is 14.4. The van der Waals surface area contributed by atoms with Crippen molar-refractivity contribution in [3.63, 3.8) is 0 Å². The largest absolute Gasteiger partial charge is 0.504 e. The number of amides is 1. The SMILES string of the molecule is C=CCc1cc(CN2CCC(NC(C)=O)(c3ccc(F)cc3)CC2)cc(OC)c1O. The van der Waals surface area contributed by atoms with Crippen LogP contribution in [0.3, 0.4) is 0 Å². The van der Waals surface area contributed by atoms with Crippen LogP contribution in [-0.2, 0) is 23.3 Å². The number of rotatable bonds is 7. The third-order valence-electron chi connectivity index (χ3n) is 5.73. The Morgan fingerprint density at radius 1 is 1.30 bits per heavy atom. The van der Waals surface area contributed by atoms with Gasteiger partial charge in [0, 0.05) is 32.1 Å². The van der Waals surface area contributed by atoms with Gasteiger partial charge in [0.25, 0.3) is 0 Å². The Labute approximate surface area is 177 Å². The summed E-state index contributed by atoms with van der Waals surface area (Å²) < 4.78 is 18.7. The van der Waals surface area contributed by atoms with Gasteiger partial charge in [0.05, 0.1) is 12.6 Å². The number of hydrogen-bond acceptors (Lipinski definition) is 4. The molecule has 0 unspecified atom stereocenters. The van der Waals surface area contributed by atoms with Crippen molar-refractivity contribution in [2.45, 2.75) is 38.3 Å². The lowest BCUT2D eigenvalue weighted by atomic mass is 9.80. The van der Waals surface area contributed by atoms with Crippen molar-refractivity contribution in [3.05, 3.63) is 71.6 Å². The molecule has 2 aromatic rings. The molecular formula is C24H29FN2O3. The quantitative estimate of drug-likeness (QED) is 0.678. The average Bonchev–Trinajstić information content (AvgIpc) is 2.72. The van der Waals surface area contributed by atoms with E-state index in [1.807, 2.05) is 12.1 Å². The number of nitrogens with one attached hydrogen (secondary N) is 1. The highest BCUT2D eigenvalue weighted by molar-refractivity contribution is 5.74. The van der Waals surface area contributed by atoms with E-state index in [-0.39, 0.29) is 17.5 Å². The first kappa shape index (κ1) is 21.8. The Morgan fingerprint density at radius 2 is 1.97 bits per heavy atom. The van der Waals surface area contributed by atoms with Crippen LogP contribution in [0.4, 0.5) is 4.39 Å². The summed E-state index contributed by atoms with van der Waals surface area (Å²) in [4.78, 5) is 14.2. The van der Waals surface area contributed by atoms with Crippen LogP contribution < -0.4 is 10.1 Å². The number of phenolic OH excluding ortho intramolecular Hbond substituents is 1. The number of nitrogens with zero attached hydrogens (tertiary/aromatic N) is 1. The topological polar surface area (TPSA) is 61.8 Å². The van der Waals surface area contributed by atoms with Gasteiger partial charge in [0.15, 0.2) is 11.5 Å². The molecule has 1 amide bonds. The Bertz CT molecular complexity index is 903. The molecule has 2 N–H and O–H groups in total. The molecule has 5 nitrogen and oxygen atoms in total. The summed E-state index contributed by atoms with van der Waals surface area (Å²) in [6.45, 7) is 7.53. The molecule has 1 heterocycles. The van der Waals surface area contributed by atoms with E-state index in [2.05, 4.69) is 16.8 Å². The maximum Gasteiger partial charge on any atom is 0.217 e. The lowest BCUT2D eigenvalue weighted by molar-refractivity contribution is -0.121. The Kier molecular flexibility index (Phi) is 6.77. The van der Waals surface area contributed by atoms with Crippen LogP contribution in [0.5, 0.6) is 11.5 Å². The van der Waals surface area contributed by atoms with Crippen LogP contribution in [0.2, 0.25) is 0 Å². The number of methoxy groups -OCH3 is 1. The minimum absolute atomic E-state index is 0.0925. The van der Waals surface area contributed by atoms with Crippen LogP contribution in [0, 0.1) is 5.82 Å². The number of ether oxygens (including phenoxy) is 1. The third kappa shape index (κ3) is 4.82. The van der Waals surface area contributed by atoms with Crippen molar-refractivity contribution in [1.82, 2.24) is 10.2 Å². The van der Waals surface area contributed by atoms with E-state index in [1.165, 1.54) is 19.1 Å². The van der Waals surface area contributed by atoms with Gasteiger partial charge in [-0.2, -0.15) is 0 Å². The zero-order valence-electron chi connectivity index (χ0n) is 17.6. The van der Waals surface area contributed by atoms with Crippen LogP contribution >= 0.6 is 0 Å². The predicted molar refractivity (Wildman–Crippen MR) is 115 cm³/mol. The Balaban J connectivity index is 1.76. The van der Waals surface area contributed by atoms with Crippen LogP contribution in [0.15, 0.2) is 49.1 Å². The van der Waals surface area contributed by atoms with Gasteiger partial charge in [-0.1, -0.05) is 24.3 Å². The van der Waals surface area contributed by atoms with Crippen LogP contribution in [0.1, 0.15) is 36.5 Å². The zero-order valence-corrected chi connectivity index (χ0v) is 17.6. The highest BCUT2D eigenvalue weighted by Gasteiger charge is 2.37. The smallest absolute Gasteiger partial charge is 0.217 e. The fourth-order valence-electron chi connectivity index (χ4n) is 4.23. The summed E-state index contributed by atoms with van der Waals surface area (Å²) >= 11 is 0. The molecule has 1 aliphatic rings. The molecule has 1 aliphatic heterocycles. The van der Waals surface area contributed by atoms with E-state index in [9.17, 15) is 14.3 Å². The molecule has 0 saturated carbocycles. The lowest BCUT2D eigenvalue weighted by Crippen LogP contribution is -2.52. The van der Waals surface area contributed by atoms with Crippen molar-refractivity contribution in [2.24, 2.45) is 0 Å². The fourth-order valence-corrected chi connectivity index (χ4v) is 4.23. The van der Waals surface area contributed by atoms with Crippen molar-refractivity contribution < 1.29 is 19.0 Å². The van der Waals surface area contributed by atoms with E-state index in [0.29, 0.717) is 18.7 Å². The maximum absolute atomic E-state index is 13.4. The summed E-state index contributed by atoms with van der Waals surface area (Å²) in [6, 6.07) is 10.2. The molecule has 0 radical (unpaired) electrons. The molecule has 0 spiro atoms. The number of hydrogen-bond donors (Lipinski definition) is 2. The average molecular weight is 413 g/mol. The van der Waals surface area contributed by atoms with Gasteiger partial charge in [0.1, 0.15) is 5.82 Å². The molecule has 0 aromatic heterocycles. The molecule has 1 saturated heterocycles. The highest BCUT2D eigenvalue weighted by atomic mass is 19.1.